The lowest BCUT2D eigenvalue weighted by Crippen LogP contribution is -2.48. The van der Waals surface area contributed by atoms with E-state index in [1.165, 1.54) is 6.20 Å². The number of amides is 2. The van der Waals surface area contributed by atoms with E-state index < -0.39 is 6.04 Å². The monoisotopic (exact) mass is 323 g/mol. The average Bonchev–Trinajstić information content (AvgIpc) is 3.30. The molecule has 0 radical (unpaired) electrons. The number of benzene rings is 1. The van der Waals surface area contributed by atoms with Crippen molar-refractivity contribution >= 4 is 11.8 Å². The number of pyridine rings is 1. The van der Waals surface area contributed by atoms with Crippen molar-refractivity contribution in [3.05, 3.63) is 66.0 Å². The molecule has 1 aromatic heterocycles. The second kappa shape index (κ2) is 7.25. The summed E-state index contributed by atoms with van der Waals surface area (Å²) in [6.45, 7) is 2.10. The fraction of sp³-hybridized carbons (Fsp3) is 0.316. The minimum Gasteiger partial charge on any atom is -0.351 e. The maximum atomic E-state index is 12.6. The van der Waals surface area contributed by atoms with E-state index in [2.05, 4.69) is 22.5 Å². The summed E-state index contributed by atoms with van der Waals surface area (Å²) in [4.78, 5) is 28.9. The molecule has 5 heteroatoms. The summed E-state index contributed by atoms with van der Waals surface area (Å²) < 4.78 is 0. The fourth-order valence-corrected chi connectivity index (χ4v) is 2.60. The number of rotatable bonds is 6. The van der Waals surface area contributed by atoms with Crippen LogP contribution >= 0.6 is 0 Å². The molecule has 24 heavy (non-hydrogen) atoms. The van der Waals surface area contributed by atoms with Gasteiger partial charge in [0.2, 0.25) is 5.91 Å². The zero-order valence-corrected chi connectivity index (χ0v) is 13.6. The maximum absolute atomic E-state index is 12.6. The van der Waals surface area contributed by atoms with Crippen molar-refractivity contribution in [2.75, 3.05) is 0 Å². The maximum Gasteiger partial charge on any atom is 0.253 e. The second-order valence-corrected chi connectivity index (χ2v) is 6.29. The summed E-state index contributed by atoms with van der Waals surface area (Å²) in [5.41, 5.74) is 1.45. The number of carbonyl (C=O) groups is 2. The predicted octanol–water partition coefficient (Wildman–Crippen LogP) is 1.95. The van der Waals surface area contributed by atoms with Crippen LogP contribution in [-0.4, -0.2) is 28.9 Å². The van der Waals surface area contributed by atoms with Gasteiger partial charge in [0, 0.05) is 24.9 Å². The van der Waals surface area contributed by atoms with Crippen LogP contribution in [0.25, 0.3) is 0 Å². The SMILES string of the molecule is CC1CC1NC(=O)C(Cc1ccccc1)NC(=O)c1cccnc1. The van der Waals surface area contributed by atoms with Crippen molar-refractivity contribution in [2.24, 2.45) is 5.92 Å². The first kappa shape index (κ1) is 16.2. The first-order valence-corrected chi connectivity index (χ1v) is 8.18. The van der Waals surface area contributed by atoms with Gasteiger partial charge >= 0.3 is 0 Å². The van der Waals surface area contributed by atoms with Crippen molar-refractivity contribution in [2.45, 2.75) is 31.8 Å². The summed E-state index contributed by atoms with van der Waals surface area (Å²) in [6.07, 6.45) is 4.56. The Hall–Kier alpha value is -2.69. The van der Waals surface area contributed by atoms with Gasteiger partial charge in [-0.25, -0.2) is 0 Å². The molecule has 1 fully saturated rings. The molecule has 0 bridgehead atoms. The highest BCUT2D eigenvalue weighted by Gasteiger charge is 2.35. The molecule has 1 saturated carbocycles. The normalized spacial score (nSPS) is 20.0. The van der Waals surface area contributed by atoms with Crippen LogP contribution < -0.4 is 10.6 Å². The Morgan fingerprint density at radius 1 is 1.21 bits per heavy atom. The van der Waals surface area contributed by atoms with Crippen molar-refractivity contribution in [1.29, 1.82) is 0 Å². The van der Waals surface area contributed by atoms with Crippen LogP contribution in [0.5, 0.6) is 0 Å². The smallest absolute Gasteiger partial charge is 0.253 e. The molecular formula is C19H21N3O2. The third kappa shape index (κ3) is 4.19. The Morgan fingerprint density at radius 3 is 2.58 bits per heavy atom. The van der Waals surface area contributed by atoms with Gasteiger partial charge in [-0.15, -0.1) is 0 Å². The molecule has 0 spiro atoms. The van der Waals surface area contributed by atoms with E-state index in [4.69, 9.17) is 0 Å². The van der Waals surface area contributed by atoms with Crippen LogP contribution in [0.2, 0.25) is 0 Å². The quantitative estimate of drug-likeness (QED) is 0.853. The van der Waals surface area contributed by atoms with Crippen molar-refractivity contribution in [3.8, 4) is 0 Å². The molecule has 0 saturated heterocycles. The molecule has 124 valence electrons. The van der Waals surface area contributed by atoms with Gasteiger partial charge in [-0.2, -0.15) is 0 Å². The molecule has 3 unspecified atom stereocenters. The van der Waals surface area contributed by atoms with E-state index in [1.807, 2.05) is 30.3 Å². The minimum atomic E-state index is -0.604. The van der Waals surface area contributed by atoms with Crippen LogP contribution in [0.4, 0.5) is 0 Å². The number of nitrogens with one attached hydrogen (secondary N) is 2. The Morgan fingerprint density at radius 2 is 1.96 bits per heavy atom. The highest BCUT2D eigenvalue weighted by Crippen LogP contribution is 2.29. The van der Waals surface area contributed by atoms with Gasteiger partial charge in [0.15, 0.2) is 0 Å². The fourth-order valence-electron chi connectivity index (χ4n) is 2.60. The van der Waals surface area contributed by atoms with Crippen molar-refractivity contribution in [1.82, 2.24) is 15.6 Å². The molecule has 3 rings (SSSR count). The molecular weight excluding hydrogens is 302 g/mol. The van der Waals surface area contributed by atoms with Crippen LogP contribution in [-0.2, 0) is 11.2 Å². The van der Waals surface area contributed by atoms with E-state index in [-0.39, 0.29) is 17.9 Å². The van der Waals surface area contributed by atoms with Crippen LogP contribution in [0.1, 0.15) is 29.3 Å². The molecule has 0 aliphatic heterocycles. The summed E-state index contributed by atoms with van der Waals surface area (Å²) in [5, 5.41) is 5.85. The lowest BCUT2D eigenvalue weighted by atomic mass is 10.0. The van der Waals surface area contributed by atoms with Gasteiger partial charge < -0.3 is 10.6 Å². The van der Waals surface area contributed by atoms with Gasteiger partial charge in [0.25, 0.3) is 5.91 Å². The summed E-state index contributed by atoms with van der Waals surface area (Å²) in [5.74, 6) is 0.0915. The van der Waals surface area contributed by atoms with Gasteiger partial charge in [0.1, 0.15) is 6.04 Å². The molecule has 1 heterocycles. The van der Waals surface area contributed by atoms with E-state index >= 15 is 0 Å². The van der Waals surface area contributed by atoms with Gasteiger partial charge in [-0.1, -0.05) is 37.3 Å². The molecule has 5 nitrogen and oxygen atoms in total. The Bertz CT molecular complexity index is 703. The Balaban J connectivity index is 1.71. The van der Waals surface area contributed by atoms with E-state index in [0.717, 1.165) is 12.0 Å². The van der Waals surface area contributed by atoms with Crippen molar-refractivity contribution in [3.63, 3.8) is 0 Å². The zero-order valence-electron chi connectivity index (χ0n) is 13.6. The molecule has 1 aliphatic carbocycles. The molecule has 2 aromatic rings. The third-order valence-electron chi connectivity index (χ3n) is 4.27. The van der Waals surface area contributed by atoms with Crippen LogP contribution in [0.3, 0.4) is 0 Å². The molecule has 3 atom stereocenters. The summed E-state index contributed by atoms with van der Waals surface area (Å²) in [6, 6.07) is 12.7. The van der Waals surface area contributed by atoms with Gasteiger partial charge in [0.05, 0.1) is 5.56 Å². The largest absolute Gasteiger partial charge is 0.351 e. The van der Waals surface area contributed by atoms with E-state index in [1.54, 1.807) is 18.3 Å². The number of nitrogens with zero attached hydrogens (tertiary/aromatic N) is 1. The average molecular weight is 323 g/mol. The lowest BCUT2D eigenvalue weighted by molar-refractivity contribution is -0.123. The molecule has 1 aromatic carbocycles. The number of carbonyl (C=O) groups excluding carboxylic acids is 2. The molecule has 2 N–H and O–H groups in total. The topological polar surface area (TPSA) is 71.1 Å². The predicted molar refractivity (Wildman–Crippen MR) is 91.3 cm³/mol. The lowest BCUT2D eigenvalue weighted by Gasteiger charge is -2.19. The first-order valence-electron chi connectivity index (χ1n) is 8.18. The third-order valence-corrected chi connectivity index (χ3v) is 4.27. The highest BCUT2D eigenvalue weighted by molar-refractivity contribution is 5.97. The highest BCUT2D eigenvalue weighted by atomic mass is 16.2. The Labute approximate surface area is 141 Å². The van der Waals surface area contributed by atoms with E-state index in [9.17, 15) is 9.59 Å². The molecule has 1 aliphatic rings. The zero-order chi connectivity index (χ0) is 16.9. The van der Waals surface area contributed by atoms with Crippen LogP contribution in [0, 0.1) is 5.92 Å². The van der Waals surface area contributed by atoms with Crippen molar-refractivity contribution < 1.29 is 9.59 Å². The Kier molecular flexibility index (Phi) is 4.89. The van der Waals surface area contributed by atoms with E-state index in [0.29, 0.717) is 17.9 Å². The van der Waals surface area contributed by atoms with Gasteiger partial charge in [-0.3, -0.25) is 14.6 Å². The van der Waals surface area contributed by atoms with Gasteiger partial charge in [-0.05, 0) is 30.0 Å². The minimum absolute atomic E-state index is 0.134. The summed E-state index contributed by atoms with van der Waals surface area (Å²) >= 11 is 0. The van der Waals surface area contributed by atoms with Crippen LogP contribution in [0.15, 0.2) is 54.9 Å². The second-order valence-electron chi connectivity index (χ2n) is 6.29. The number of hydrogen-bond acceptors (Lipinski definition) is 3. The number of hydrogen-bond donors (Lipinski definition) is 2. The summed E-state index contributed by atoms with van der Waals surface area (Å²) in [7, 11) is 0. The number of aromatic nitrogens is 1. The first-order chi connectivity index (χ1) is 11.6. The standard InChI is InChI=1S/C19H21N3O2/c1-13-10-16(13)21-19(24)17(11-14-6-3-2-4-7-14)22-18(23)15-8-5-9-20-12-15/h2-9,12-13,16-17H,10-11H2,1H3,(H,21,24)(H,22,23). The molecule has 2 amide bonds.